The lowest BCUT2D eigenvalue weighted by Crippen LogP contribution is -2.79. The summed E-state index contributed by atoms with van der Waals surface area (Å²) in [7, 11) is 0. The normalized spacial score (nSPS) is 36.4. The van der Waals surface area contributed by atoms with Crippen LogP contribution < -0.4 is 0 Å². The van der Waals surface area contributed by atoms with Crippen molar-refractivity contribution in [3.63, 3.8) is 0 Å². The van der Waals surface area contributed by atoms with Crippen molar-refractivity contribution < 1.29 is 14.6 Å². The predicted octanol–water partition coefficient (Wildman–Crippen LogP) is -0.483. The van der Waals surface area contributed by atoms with Gasteiger partial charge in [0.15, 0.2) is 0 Å². The Hall–Kier alpha value is -0.690. The molecule has 4 heterocycles. The molecule has 0 aliphatic carbocycles. The lowest BCUT2D eigenvalue weighted by atomic mass is 9.81. The molecule has 4 rings (SSSR count). The first-order valence-electron chi connectivity index (χ1n) is 8.59. The Morgan fingerprint density at radius 2 is 1.86 bits per heavy atom. The summed E-state index contributed by atoms with van der Waals surface area (Å²) in [5.41, 5.74) is 0.0738. The zero-order valence-corrected chi connectivity index (χ0v) is 13.4. The van der Waals surface area contributed by atoms with Crippen molar-refractivity contribution in [2.24, 2.45) is 0 Å². The largest absolute Gasteiger partial charge is 0.392 e. The molecule has 1 amide bonds. The summed E-state index contributed by atoms with van der Waals surface area (Å²) in [5.74, 6) is 0.171. The number of nitrogens with zero attached hydrogens (tertiary/aromatic N) is 3. The summed E-state index contributed by atoms with van der Waals surface area (Å²) in [6, 6.07) is 0.975. The third kappa shape index (κ3) is 2.37. The van der Waals surface area contributed by atoms with Crippen LogP contribution >= 0.6 is 0 Å². The highest BCUT2D eigenvalue weighted by molar-refractivity contribution is 5.73. The molecule has 6 nitrogen and oxygen atoms in total. The Morgan fingerprint density at radius 1 is 1.14 bits per heavy atom. The Morgan fingerprint density at radius 3 is 2.55 bits per heavy atom. The van der Waals surface area contributed by atoms with Crippen molar-refractivity contribution >= 4 is 5.91 Å². The van der Waals surface area contributed by atoms with Crippen LogP contribution in [0.4, 0.5) is 0 Å². The van der Waals surface area contributed by atoms with E-state index in [1.54, 1.807) is 6.92 Å². The van der Waals surface area contributed by atoms with E-state index in [4.69, 9.17) is 4.74 Å². The molecular weight excluding hydrogens is 282 g/mol. The Bertz CT molecular complexity index is 446. The van der Waals surface area contributed by atoms with E-state index in [-0.39, 0.29) is 17.6 Å². The van der Waals surface area contributed by atoms with Gasteiger partial charge in [0.05, 0.1) is 11.6 Å². The highest BCUT2D eigenvalue weighted by Crippen LogP contribution is 2.40. The molecule has 1 N–H and O–H groups in total. The second-order valence-corrected chi connectivity index (χ2v) is 7.57. The number of aliphatic hydroxyl groups is 1. The van der Waals surface area contributed by atoms with Crippen LogP contribution in [0.15, 0.2) is 0 Å². The number of piperazine rings is 1. The molecule has 6 heteroatoms. The first kappa shape index (κ1) is 14.9. The van der Waals surface area contributed by atoms with E-state index < -0.39 is 0 Å². The van der Waals surface area contributed by atoms with Gasteiger partial charge in [0.1, 0.15) is 0 Å². The number of hydrogen-bond donors (Lipinski definition) is 1. The summed E-state index contributed by atoms with van der Waals surface area (Å²) in [6.45, 7) is 7.87. The third-order valence-electron chi connectivity index (χ3n) is 6.07. The number of rotatable bonds is 1. The molecule has 2 atom stereocenters. The number of fused-ring (bicyclic) bond motifs is 2. The molecule has 124 valence electrons. The van der Waals surface area contributed by atoms with Gasteiger partial charge in [-0.3, -0.25) is 14.6 Å². The van der Waals surface area contributed by atoms with Crippen LogP contribution in [0.1, 0.15) is 26.2 Å². The number of hydrogen-bond acceptors (Lipinski definition) is 5. The van der Waals surface area contributed by atoms with E-state index >= 15 is 0 Å². The maximum absolute atomic E-state index is 11.9. The number of likely N-dealkylation sites (tertiary alicyclic amines) is 1. The highest BCUT2D eigenvalue weighted by Gasteiger charge is 2.57. The van der Waals surface area contributed by atoms with E-state index in [0.717, 1.165) is 65.2 Å². The summed E-state index contributed by atoms with van der Waals surface area (Å²) >= 11 is 0. The average molecular weight is 309 g/mol. The van der Waals surface area contributed by atoms with Crippen LogP contribution in [0.5, 0.6) is 0 Å². The molecule has 0 saturated carbocycles. The molecule has 4 saturated heterocycles. The number of β-amino-alcohol motifs (C(OH)–C–C–N with tert-alkyl or cyclic N) is 1. The Balaban J connectivity index is 1.48. The smallest absolute Gasteiger partial charge is 0.219 e. The van der Waals surface area contributed by atoms with Gasteiger partial charge in [-0.15, -0.1) is 0 Å². The fourth-order valence-corrected chi connectivity index (χ4v) is 4.95. The van der Waals surface area contributed by atoms with Crippen LogP contribution in [-0.4, -0.2) is 95.4 Å². The molecule has 4 fully saturated rings. The van der Waals surface area contributed by atoms with E-state index in [1.807, 2.05) is 4.90 Å². The van der Waals surface area contributed by atoms with Crippen LogP contribution in [-0.2, 0) is 9.53 Å². The molecule has 0 aromatic heterocycles. The van der Waals surface area contributed by atoms with Crippen LogP contribution in [0, 0.1) is 0 Å². The molecule has 0 bridgehead atoms. The molecule has 0 aromatic rings. The van der Waals surface area contributed by atoms with Gasteiger partial charge in [-0.05, 0) is 19.3 Å². The van der Waals surface area contributed by atoms with Gasteiger partial charge in [0.2, 0.25) is 5.91 Å². The van der Waals surface area contributed by atoms with Gasteiger partial charge in [-0.2, -0.15) is 0 Å². The lowest BCUT2D eigenvalue weighted by molar-refractivity contribution is -0.155. The van der Waals surface area contributed by atoms with Gasteiger partial charge >= 0.3 is 0 Å². The van der Waals surface area contributed by atoms with Crippen molar-refractivity contribution in [1.29, 1.82) is 0 Å². The SMILES string of the molecule is CC(=O)N1CC2CC(O)CN2C2(C1)CN(C1CCOCC1)C2. The molecule has 4 aliphatic rings. The predicted molar refractivity (Wildman–Crippen MR) is 81.5 cm³/mol. The average Bonchev–Trinajstić information content (AvgIpc) is 2.85. The van der Waals surface area contributed by atoms with Crippen LogP contribution in [0.25, 0.3) is 0 Å². The van der Waals surface area contributed by atoms with Crippen molar-refractivity contribution in [3.05, 3.63) is 0 Å². The van der Waals surface area contributed by atoms with Crippen molar-refractivity contribution in [3.8, 4) is 0 Å². The number of aliphatic hydroxyl groups excluding tert-OH is 1. The zero-order chi connectivity index (χ0) is 15.3. The van der Waals surface area contributed by atoms with Crippen LogP contribution in [0.3, 0.4) is 0 Å². The minimum absolute atomic E-state index is 0.0738. The summed E-state index contributed by atoms with van der Waals surface area (Å²) < 4.78 is 5.46. The topological polar surface area (TPSA) is 56.3 Å². The van der Waals surface area contributed by atoms with Gasteiger partial charge in [0, 0.05) is 64.9 Å². The standard InChI is InChI=1S/C16H27N3O3/c1-12(20)17-7-14-6-15(21)8-19(14)16(9-17)10-18(11-16)13-2-4-22-5-3-13/h13-15,21H,2-11H2,1H3. The van der Waals surface area contributed by atoms with Gasteiger partial charge < -0.3 is 14.7 Å². The maximum Gasteiger partial charge on any atom is 0.219 e. The molecule has 1 spiro atoms. The monoisotopic (exact) mass is 309 g/mol. The fourth-order valence-electron chi connectivity index (χ4n) is 4.95. The number of carbonyl (C=O) groups is 1. The fraction of sp³-hybridized carbons (Fsp3) is 0.938. The van der Waals surface area contributed by atoms with Gasteiger partial charge in [0.25, 0.3) is 0 Å². The third-order valence-corrected chi connectivity index (χ3v) is 6.07. The number of ether oxygens (including phenoxy) is 1. The maximum atomic E-state index is 11.9. The Kier molecular flexibility index (Phi) is 3.68. The van der Waals surface area contributed by atoms with E-state index in [9.17, 15) is 9.90 Å². The summed E-state index contributed by atoms with van der Waals surface area (Å²) in [4.78, 5) is 19.0. The van der Waals surface area contributed by atoms with E-state index in [0.29, 0.717) is 12.1 Å². The molecule has 2 unspecified atom stereocenters. The zero-order valence-electron chi connectivity index (χ0n) is 13.4. The second kappa shape index (κ2) is 5.44. The second-order valence-electron chi connectivity index (χ2n) is 7.57. The summed E-state index contributed by atoms with van der Waals surface area (Å²) in [5, 5.41) is 10.1. The first-order valence-corrected chi connectivity index (χ1v) is 8.59. The van der Waals surface area contributed by atoms with Gasteiger partial charge in [-0.1, -0.05) is 0 Å². The van der Waals surface area contributed by atoms with E-state index in [2.05, 4.69) is 9.80 Å². The van der Waals surface area contributed by atoms with Crippen LogP contribution in [0.2, 0.25) is 0 Å². The Labute approximate surface area is 132 Å². The highest BCUT2D eigenvalue weighted by atomic mass is 16.5. The minimum Gasteiger partial charge on any atom is -0.392 e. The molecule has 0 aromatic carbocycles. The van der Waals surface area contributed by atoms with Crippen molar-refractivity contribution in [2.45, 2.75) is 49.9 Å². The molecule has 0 radical (unpaired) electrons. The van der Waals surface area contributed by atoms with Gasteiger partial charge in [-0.25, -0.2) is 0 Å². The minimum atomic E-state index is -0.231. The van der Waals surface area contributed by atoms with Crippen molar-refractivity contribution in [1.82, 2.24) is 14.7 Å². The quantitative estimate of drug-likeness (QED) is 0.709. The first-order chi connectivity index (χ1) is 10.6. The van der Waals surface area contributed by atoms with Crippen molar-refractivity contribution in [2.75, 3.05) is 45.9 Å². The molecule has 22 heavy (non-hydrogen) atoms. The van der Waals surface area contributed by atoms with E-state index in [1.165, 1.54) is 0 Å². The molecular formula is C16H27N3O3. The number of carbonyl (C=O) groups excluding carboxylic acids is 1. The number of amides is 1. The lowest BCUT2D eigenvalue weighted by Gasteiger charge is -2.62. The summed E-state index contributed by atoms with van der Waals surface area (Å²) in [6.07, 6.45) is 2.82. The molecule has 4 aliphatic heterocycles.